The number of nitrogens with zero attached hydrogens (tertiary/aromatic N) is 2. The Bertz CT molecular complexity index is 964. The minimum atomic E-state index is 0.125. The van der Waals surface area contributed by atoms with Gasteiger partial charge in [-0.15, -0.1) is 0 Å². The molecule has 1 aromatic rings. The molecule has 2 unspecified atom stereocenters. The number of ether oxygens (including phenoxy) is 1. The molecule has 1 aromatic carbocycles. The van der Waals surface area contributed by atoms with Crippen molar-refractivity contribution in [1.29, 1.82) is 0 Å². The molecular formula is C27H36N4O2. The van der Waals surface area contributed by atoms with Crippen molar-refractivity contribution in [3.8, 4) is 5.75 Å². The Kier molecular flexibility index (Phi) is 6.43. The van der Waals surface area contributed by atoms with Gasteiger partial charge in [-0.3, -0.25) is 4.79 Å². The van der Waals surface area contributed by atoms with Crippen molar-refractivity contribution < 1.29 is 9.53 Å². The van der Waals surface area contributed by atoms with Crippen LogP contribution < -0.4 is 15.8 Å². The number of rotatable bonds is 6. The number of hydrogen-bond acceptors (Lipinski definition) is 5. The molecular weight excluding hydrogens is 412 g/mol. The second kappa shape index (κ2) is 9.62. The summed E-state index contributed by atoms with van der Waals surface area (Å²) < 4.78 is 6.02. The lowest BCUT2D eigenvalue weighted by molar-refractivity contribution is -0.122. The van der Waals surface area contributed by atoms with Crippen molar-refractivity contribution in [3.63, 3.8) is 0 Å². The van der Waals surface area contributed by atoms with Gasteiger partial charge in [0.2, 0.25) is 5.91 Å². The van der Waals surface area contributed by atoms with Crippen LogP contribution in [0, 0.1) is 17.8 Å². The molecule has 3 aliphatic carbocycles. The summed E-state index contributed by atoms with van der Waals surface area (Å²) in [7, 11) is 0. The number of aliphatic imine (C=N–C) groups is 1. The second-order valence-corrected chi connectivity index (χ2v) is 10.4. The van der Waals surface area contributed by atoms with Gasteiger partial charge in [0.15, 0.2) is 5.96 Å². The summed E-state index contributed by atoms with van der Waals surface area (Å²) in [6, 6.07) is 6.26. The summed E-state index contributed by atoms with van der Waals surface area (Å²) in [5.74, 6) is 4.71. The van der Waals surface area contributed by atoms with Crippen LogP contribution in [0.4, 0.5) is 5.69 Å². The largest absolute Gasteiger partial charge is 0.458 e. The molecule has 1 amide bonds. The van der Waals surface area contributed by atoms with Gasteiger partial charge in [0.25, 0.3) is 0 Å². The molecule has 33 heavy (non-hydrogen) atoms. The highest BCUT2D eigenvalue weighted by atomic mass is 16.5. The van der Waals surface area contributed by atoms with E-state index in [1.165, 1.54) is 19.3 Å². The van der Waals surface area contributed by atoms with Crippen molar-refractivity contribution >= 4 is 17.6 Å². The summed E-state index contributed by atoms with van der Waals surface area (Å²) in [6.45, 7) is 3.58. The van der Waals surface area contributed by atoms with E-state index in [-0.39, 0.29) is 5.91 Å². The summed E-state index contributed by atoms with van der Waals surface area (Å²) in [5.41, 5.74) is 8.16. The average Bonchev–Trinajstić information content (AvgIpc) is 2.78. The predicted octanol–water partition coefficient (Wildman–Crippen LogP) is 4.78. The molecule has 6 nitrogen and oxygen atoms in total. The van der Waals surface area contributed by atoms with Crippen LogP contribution in [0.15, 0.2) is 47.2 Å². The maximum Gasteiger partial charge on any atom is 0.221 e. The minimum absolute atomic E-state index is 0.125. The van der Waals surface area contributed by atoms with Crippen molar-refractivity contribution in [2.75, 3.05) is 6.54 Å². The fraction of sp³-hybridized carbons (Fsp3) is 0.556. The number of guanidine groups is 1. The molecule has 1 heterocycles. The maximum atomic E-state index is 12.7. The van der Waals surface area contributed by atoms with Crippen molar-refractivity contribution in [3.05, 3.63) is 47.7 Å². The van der Waals surface area contributed by atoms with E-state index in [4.69, 9.17) is 10.5 Å². The molecule has 2 fully saturated rings. The second-order valence-electron chi connectivity index (χ2n) is 10.4. The SMILES string of the molecule is CC1CC2CC(C1)CC(NC(=O)CCN1Cc3cc(OC4=CCCC=C4)ccc3N=C1N)C2. The van der Waals surface area contributed by atoms with E-state index in [1.807, 2.05) is 29.2 Å². The molecule has 2 atom stereocenters. The lowest BCUT2D eigenvalue weighted by Gasteiger charge is -2.42. The first-order chi connectivity index (χ1) is 16.0. The first-order valence-electron chi connectivity index (χ1n) is 12.6. The molecule has 2 bridgehead atoms. The number of allylic oxidation sites excluding steroid dienone is 3. The average molecular weight is 449 g/mol. The van der Waals surface area contributed by atoms with Crippen molar-refractivity contribution in [1.82, 2.24) is 10.2 Å². The summed E-state index contributed by atoms with van der Waals surface area (Å²) >= 11 is 0. The van der Waals surface area contributed by atoms with Gasteiger partial charge in [0.05, 0.1) is 5.69 Å². The molecule has 4 aliphatic rings. The van der Waals surface area contributed by atoms with Gasteiger partial charge < -0.3 is 20.7 Å². The lowest BCUT2D eigenvalue weighted by atomic mass is 9.67. The quantitative estimate of drug-likeness (QED) is 0.656. The van der Waals surface area contributed by atoms with Gasteiger partial charge in [-0.05, 0) is 93.1 Å². The highest BCUT2D eigenvalue weighted by molar-refractivity contribution is 5.84. The Balaban J connectivity index is 1.14. The number of nitrogens with two attached hydrogens (primary N) is 1. The predicted molar refractivity (Wildman–Crippen MR) is 131 cm³/mol. The highest BCUT2D eigenvalue weighted by Crippen LogP contribution is 2.42. The molecule has 5 rings (SSSR count). The first kappa shape index (κ1) is 22.1. The number of carbonyl (C=O) groups is 1. The molecule has 3 N–H and O–H groups in total. The number of hydrogen-bond donors (Lipinski definition) is 2. The number of benzene rings is 1. The van der Waals surface area contributed by atoms with Crippen LogP contribution in [-0.2, 0) is 11.3 Å². The van der Waals surface area contributed by atoms with Gasteiger partial charge in [-0.25, -0.2) is 4.99 Å². The Hall–Kier alpha value is -2.76. The van der Waals surface area contributed by atoms with Crippen LogP contribution in [0.2, 0.25) is 0 Å². The molecule has 6 heteroatoms. The van der Waals surface area contributed by atoms with E-state index < -0.39 is 0 Å². The third-order valence-corrected chi connectivity index (χ3v) is 7.52. The van der Waals surface area contributed by atoms with Crippen LogP contribution in [0.3, 0.4) is 0 Å². The molecule has 0 saturated heterocycles. The lowest BCUT2D eigenvalue weighted by Crippen LogP contribution is -2.45. The topological polar surface area (TPSA) is 80.0 Å². The Labute approximate surface area is 197 Å². The molecule has 2 saturated carbocycles. The van der Waals surface area contributed by atoms with Gasteiger partial charge in [0, 0.05) is 31.1 Å². The zero-order valence-electron chi connectivity index (χ0n) is 19.6. The zero-order valence-corrected chi connectivity index (χ0v) is 19.6. The first-order valence-corrected chi connectivity index (χ1v) is 12.6. The van der Waals surface area contributed by atoms with Gasteiger partial charge in [-0.2, -0.15) is 0 Å². The Morgan fingerprint density at radius 2 is 2.00 bits per heavy atom. The normalized spacial score (nSPS) is 28.5. The summed E-state index contributed by atoms with van der Waals surface area (Å²) in [6.07, 6.45) is 15.0. The fourth-order valence-corrected chi connectivity index (χ4v) is 6.17. The number of nitrogens with one attached hydrogen (secondary N) is 1. The van der Waals surface area contributed by atoms with Crippen molar-refractivity contribution in [2.24, 2.45) is 28.5 Å². The van der Waals surface area contributed by atoms with Gasteiger partial charge in [0.1, 0.15) is 11.5 Å². The summed E-state index contributed by atoms with van der Waals surface area (Å²) in [4.78, 5) is 19.3. The third kappa shape index (κ3) is 5.43. The standard InChI is InChI=1S/C27H36N4O2/c1-18-11-19-13-20(12-18)15-22(14-19)29-26(32)9-10-31-17-21-16-24(7-8-25(21)30-27(31)28)33-23-5-3-2-4-6-23/h3,5-8,16,18-20,22H,2,4,9-15,17H2,1H3,(H2,28,30)(H,29,32). The van der Waals surface area contributed by atoms with E-state index in [0.717, 1.165) is 66.2 Å². The maximum absolute atomic E-state index is 12.7. The van der Waals surface area contributed by atoms with Gasteiger partial charge >= 0.3 is 0 Å². The highest BCUT2D eigenvalue weighted by Gasteiger charge is 2.35. The molecule has 1 aliphatic heterocycles. The van der Waals surface area contributed by atoms with E-state index in [9.17, 15) is 4.79 Å². The monoisotopic (exact) mass is 448 g/mol. The Morgan fingerprint density at radius 3 is 2.76 bits per heavy atom. The van der Waals surface area contributed by atoms with Crippen LogP contribution in [0.1, 0.15) is 63.9 Å². The number of fused-ring (bicyclic) bond motifs is 3. The molecule has 0 radical (unpaired) electrons. The van der Waals surface area contributed by atoms with Crippen LogP contribution in [0.5, 0.6) is 5.75 Å². The number of amides is 1. The molecule has 176 valence electrons. The van der Waals surface area contributed by atoms with E-state index in [1.54, 1.807) is 0 Å². The summed E-state index contributed by atoms with van der Waals surface area (Å²) in [5, 5.41) is 3.31. The van der Waals surface area contributed by atoms with E-state index >= 15 is 0 Å². The van der Waals surface area contributed by atoms with Gasteiger partial charge in [-0.1, -0.05) is 13.0 Å². The van der Waals surface area contributed by atoms with E-state index in [2.05, 4.69) is 29.4 Å². The van der Waals surface area contributed by atoms with E-state index in [0.29, 0.717) is 31.5 Å². The van der Waals surface area contributed by atoms with Crippen LogP contribution in [-0.4, -0.2) is 29.4 Å². The third-order valence-electron chi connectivity index (χ3n) is 7.52. The van der Waals surface area contributed by atoms with Crippen molar-refractivity contribution in [2.45, 2.75) is 70.9 Å². The zero-order chi connectivity index (χ0) is 22.8. The number of carbonyl (C=O) groups excluding carboxylic acids is 1. The Morgan fingerprint density at radius 1 is 1.18 bits per heavy atom. The fourth-order valence-electron chi connectivity index (χ4n) is 6.17. The molecule has 0 aromatic heterocycles. The van der Waals surface area contributed by atoms with Crippen LogP contribution in [0.25, 0.3) is 0 Å². The van der Waals surface area contributed by atoms with Crippen LogP contribution >= 0.6 is 0 Å². The smallest absolute Gasteiger partial charge is 0.221 e. The molecule has 0 spiro atoms. The minimum Gasteiger partial charge on any atom is -0.458 e.